The molecule has 0 radical (unpaired) electrons. The Bertz CT molecular complexity index is 1080. The number of H-pyrrole nitrogens is 2. The number of halogens is 1. The average Bonchev–Trinajstić information content (AvgIpc) is 3.02. The largest absolute Gasteiger partial charge is 0.468 e. The van der Waals surface area contributed by atoms with Crippen LogP contribution in [-0.4, -0.2) is 43.1 Å². The smallest absolute Gasteiger partial charge is 0.325 e. The molecule has 11 heteroatoms. The second-order valence-electron chi connectivity index (χ2n) is 5.78. The number of benzene rings is 1. The first-order valence-electron chi connectivity index (χ1n) is 8.14. The molecule has 0 unspecified atom stereocenters. The van der Waals surface area contributed by atoms with E-state index in [4.69, 9.17) is 16.3 Å². The van der Waals surface area contributed by atoms with Crippen molar-refractivity contribution >= 4 is 29.3 Å². The first kappa shape index (κ1) is 19.9. The Morgan fingerprint density at radius 2 is 1.96 bits per heavy atom. The van der Waals surface area contributed by atoms with Gasteiger partial charge in [-0.15, -0.1) is 10.2 Å². The van der Waals surface area contributed by atoms with E-state index in [0.29, 0.717) is 21.7 Å². The lowest BCUT2D eigenvalue weighted by molar-refractivity contribution is -0.139. The van der Waals surface area contributed by atoms with E-state index in [2.05, 4.69) is 20.2 Å². The fraction of sp³-hybridized carbons (Fsp3) is 0.235. The van der Waals surface area contributed by atoms with Gasteiger partial charge in [0.1, 0.15) is 11.1 Å². The van der Waals surface area contributed by atoms with E-state index in [1.54, 1.807) is 35.8 Å². The van der Waals surface area contributed by atoms with Crippen molar-refractivity contribution in [3.8, 4) is 5.69 Å². The molecule has 3 aromatic rings. The monoisotopic (exact) mass is 421 g/mol. The molecule has 0 amide bonds. The van der Waals surface area contributed by atoms with Crippen molar-refractivity contribution in [3.05, 3.63) is 67.7 Å². The number of thioether (sulfide) groups is 1. The number of aromatic amines is 2. The second-order valence-corrected chi connectivity index (χ2v) is 7.53. The number of esters is 1. The average molecular weight is 422 g/mol. The topological polar surface area (TPSA) is 123 Å². The van der Waals surface area contributed by atoms with Gasteiger partial charge in [0.15, 0.2) is 5.16 Å². The molecule has 28 heavy (non-hydrogen) atoms. The van der Waals surface area contributed by atoms with Crippen molar-refractivity contribution < 1.29 is 9.53 Å². The number of carbonyl (C=O) groups is 1. The molecule has 0 aliphatic carbocycles. The second kappa shape index (κ2) is 8.44. The highest BCUT2D eigenvalue weighted by Gasteiger charge is 2.22. The molecule has 0 bridgehead atoms. The third-order valence-corrected chi connectivity index (χ3v) is 5.04. The molecule has 0 saturated heterocycles. The highest BCUT2D eigenvalue weighted by atomic mass is 35.5. The number of nitrogens with zero attached hydrogens (tertiary/aromatic N) is 3. The zero-order valence-electron chi connectivity index (χ0n) is 14.9. The highest BCUT2D eigenvalue weighted by Crippen LogP contribution is 2.27. The summed E-state index contributed by atoms with van der Waals surface area (Å²) in [5.41, 5.74) is -0.00993. The molecule has 0 aliphatic rings. The Labute approximate surface area is 168 Å². The van der Waals surface area contributed by atoms with Crippen LogP contribution in [0.3, 0.4) is 0 Å². The lowest BCUT2D eigenvalue weighted by Gasteiger charge is -2.12. The van der Waals surface area contributed by atoms with Gasteiger partial charge in [0.05, 0.1) is 7.11 Å². The summed E-state index contributed by atoms with van der Waals surface area (Å²) in [7, 11) is 1.32. The van der Waals surface area contributed by atoms with Crippen molar-refractivity contribution in [1.29, 1.82) is 0 Å². The van der Waals surface area contributed by atoms with Crippen molar-refractivity contribution in [1.82, 2.24) is 24.7 Å². The van der Waals surface area contributed by atoms with Gasteiger partial charge in [-0.05, 0) is 31.2 Å². The first-order chi connectivity index (χ1) is 13.4. The number of carbonyl (C=O) groups excluding carboxylic acids is 1. The van der Waals surface area contributed by atoms with Crippen LogP contribution in [0.15, 0.2) is 45.1 Å². The summed E-state index contributed by atoms with van der Waals surface area (Å²) in [6, 6.07) is 8.28. The summed E-state index contributed by atoms with van der Waals surface area (Å²) in [5, 5.41) is 8.87. The SMILES string of the molecule is COC(=O)[C@@H](C)Sc1nnc(Cc2cc(=O)[nH]c(=O)[nH]2)n1-c1ccc(Cl)cc1. The van der Waals surface area contributed by atoms with Gasteiger partial charge in [-0.2, -0.15) is 0 Å². The van der Waals surface area contributed by atoms with Gasteiger partial charge in [0, 0.05) is 28.9 Å². The maximum absolute atomic E-state index is 11.8. The van der Waals surface area contributed by atoms with Crippen LogP contribution >= 0.6 is 23.4 Å². The molecule has 2 N–H and O–H groups in total. The molecule has 1 aromatic carbocycles. The fourth-order valence-electron chi connectivity index (χ4n) is 2.50. The molecule has 0 spiro atoms. The van der Waals surface area contributed by atoms with Crippen LogP contribution in [0.5, 0.6) is 0 Å². The van der Waals surface area contributed by atoms with E-state index in [0.717, 1.165) is 5.69 Å². The molecule has 2 heterocycles. The summed E-state index contributed by atoms with van der Waals surface area (Å²) in [4.78, 5) is 39.6. The van der Waals surface area contributed by atoms with Crippen molar-refractivity contribution in [2.45, 2.75) is 23.8 Å². The van der Waals surface area contributed by atoms with Crippen molar-refractivity contribution in [3.63, 3.8) is 0 Å². The molecule has 2 aromatic heterocycles. The lowest BCUT2D eigenvalue weighted by Crippen LogP contribution is -2.23. The zero-order chi connectivity index (χ0) is 20.3. The van der Waals surface area contributed by atoms with E-state index >= 15 is 0 Å². The first-order valence-corrected chi connectivity index (χ1v) is 9.40. The number of aromatic nitrogens is 5. The Kier molecular flexibility index (Phi) is 6.00. The molecule has 0 fully saturated rings. The van der Waals surface area contributed by atoms with Crippen LogP contribution in [0.2, 0.25) is 5.02 Å². The van der Waals surface area contributed by atoms with E-state index in [1.165, 1.54) is 24.9 Å². The minimum atomic E-state index is -0.603. The van der Waals surface area contributed by atoms with Gasteiger partial charge < -0.3 is 9.72 Å². The van der Waals surface area contributed by atoms with Crippen LogP contribution in [0.4, 0.5) is 0 Å². The predicted molar refractivity (Wildman–Crippen MR) is 104 cm³/mol. The molecular formula is C17H16ClN5O4S. The molecule has 9 nitrogen and oxygen atoms in total. The number of methoxy groups -OCH3 is 1. The number of hydrogen-bond donors (Lipinski definition) is 2. The van der Waals surface area contributed by atoms with Crippen LogP contribution in [0, 0.1) is 0 Å². The van der Waals surface area contributed by atoms with Crippen LogP contribution in [-0.2, 0) is 16.0 Å². The normalized spacial score (nSPS) is 12.0. The maximum Gasteiger partial charge on any atom is 0.325 e. The summed E-state index contributed by atoms with van der Waals surface area (Å²) in [6.45, 7) is 1.70. The van der Waals surface area contributed by atoms with Crippen LogP contribution in [0.1, 0.15) is 18.4 Å². The molecule has 0 aliphatic heterocycles. The van der Waals surface area contributed by atoms with Crippen LogP contribution in [0.25, 0.3) is 5.69 Å². The summed E-state index contributed by atoms with van der Waals surface area (Å²) >= 11 is 7.16. The number of rotatable bonds is 6. The number of nitrogens with one attached hydrogen (secondary N) is 2. The molecular weight excluding hydrogens is 406 g/mol. The standard InChI is InChI=1S/C17H16ClN5O4S/c1-9(15(25)27-2)28-17-22-21-13(7-11-8-14(24)20-16(26)19-11)23(17)12-5-3-10(18)4-6-12/h3-6,8-9H,7H2,1-2H3,(H2,19,20,24,26)/t9-/m1/s1. The summed E-state index contributed by atoms with van der Waals surface area (Å²) in [5.74, 6) is 0.0827. The fourth-order valence-corrected chi connectivity index (χ4v) is 3.54. The van der Waals surface area contributed by atoms with Gasteiger partial charge >= 0.3 is 11.7 Å². The summed E-state index contributed by atoms with van der Waals surface area (Å²) in [6.07, 6.45) is 0.155. The maximum atomic E-state index is 11.8. The number of hydrogen-bond acceptors (Lipinski definition) is 7. The molecule has 0 saturated carbocycles. The van der Waals surface area contributed by atoms with Gasteiger partial charge in [-0.1, -0.05) is 23.4 Å². The van der Waals surface area contributed by atoms with E-state index in [1.807, 2.05) is 0 Å². The quantitative estimate of drug-likeness (QED) is 0.457. The van der Waals surface area contributed by atoms with Gasteiger partial charge in [0.25, 0.3) is 5.56 Å². The predicted octanol–water partition coefficient (Wildman–Crippen LogP) is 1.54. The Hall–Kier alpha value is -2.85. The number of ether oxygens (including phenoxy) is 1. The molecule has 3 rings (SSSR count). The van der Waals surface area contributed by atoms with Crippen molar-refractivity contribution in [2.75, 3.05) is 7.11 Å². The Balaban J connectivity index is 2.04. The Morgan fingerprint density at radius 3 is 2.61 bits per heavy atom. The van der Waals surface area contributed by atoms with Gasteiger partial charge in [-0.25, -0.2) is 4.79 Å². The molecule has 146 valence electrons. The van der Waals surface area contributed by atoms with Crippen molar-refractivity contribution in [2.24, 2.45) is 0 Å². The minimum absolute atomic E-state index is 0.155. The van der Waals surface area contributed by atoms with Gasteiger partial charge in [-0.3, -0.25) is 19.1 Å². The minimum Gasteiger partial charge on any atom is -0.468 e. The van der Waals surface area contributed by atoms with Crippen LogP contribution < -0.4 is 11.2 Å². The highest BCUT2D eigenvalue weighted by molar-refractivity contribution is 8.00. The molecule has 1 atom stereocenters. The zero-order valence-corrected chi connectivity index (χ0v) is 16.5. The van der Waals surface area contributed by atoms with E-state index in [9.17, 15) is 14.4 Å². The van der Waals surface area contributed by atoms with Gasteiger partial charge in [0.2, 0.25) is 0 Å². The third kappa shape index (κ3) is 4.52. The lowest BCUT2D eigenvalue weighted by atomic mass is 10.2. The Morgan fingerprint density at radius 1 is 1.25 bits per heavy atom. The van der Waals surface area contributed by atoms with E-state index < -0.39 is 22.5 Å². The third-order valence-electron chi connectivity index (χ3n) is 3.77. The van der Waals surface area contributed by atoms with E-state index in [-0.39, 0.29) is 6.42 Å². The summed E-state index contributed by atoms with van der Waals surface area (Å²) < 4.78 is 6.50.